The van der Waals surface area contributed by atoms with Crippen molar-refractivity contribution in [1.29, 1.82) is 0 Å². The summed E-state index contributed by atoms with van der Waals surface area (Å²) in [5.41, 5.74) is 3.27. The van der Waals surface area contributed by atoms with Crippen LogP contribution in [0.1, 0.15) is 36.1 Å². The zero-order valence-corrected chi connectivity index (χ0v) is 19.8. The van der Waals surface area contributed by atoms with Gasteiger partial charge in [-0.3, -0.25) is 4.79 Å². The second-order valence-corrected chi connectivity index (χ2v) is 9.00. The van der Waals surface area contributed by atoms with E-state index in [1.807, 2.05) is 55.5 Å². The Morgan fingerprint density at radius 3 is 2.60 bits per heavy atom. The first kappa shape index (κ1) is 22.7. The Morgan fingerprint density at radius 2 is 1.83 bits per heavy atom. The van der Waals surface area contributed by atoms with E-state index in [2.05, 4.69) is 4.99 Å². The van der Waals surface area contributed by atoms with Crippen molar-refractivity contribution in [2.24, 2.45) is 10.1 Å². The van der Waals surface area contributed by atoms with E-state index in [-0.39, 0.29) is 22.8 Å². The largest absolute Gasteiger partial charge is 0.508 e. The molecule has 1 unspecified atom stereocenters. The highest BCUT2D eigenvalue weighted by atomic mass is 32.2. The minimum absolute atomic E-state index is 0.0503. The van der Waals surface area contributed by atoms with Crippen molar-refractivity contribution >= 4 is 34.6 Å². The third-order valence-corrected chi connectivity index (χ3v) is 6.51. The average molecular weight is 486 g/mol. The van der Waals surface area contributed by atoms with E-state index in [1.54, 1.807) is 35.3 Å². The van der Waals surface area contributed by atoms with Crippen LogP contribution in [0.2, 0.25) is 0 Å². The van der Waals surface area contributed by atoms with Crippen molar-refractivity contribution in [2.75, 3.05) is 6.61 Å². The lowest BCUT2D eigenvalue weighted by molar-refractivity contribution is 0.267. The van der Waals surface area contributed by atoms with Crippen molar-refractivity contribution in [3.05, 3.63) is 94.4 Å². The summed E-state index contributed by atoms with van der Waals surface area (Å²) in [5.74, 6) is 1.00. The Bertz CT molecular complexity index is 1370. The first-order chi connectivity index (χ1) is 17.0. The predicted octanol–water partition coefficient (Wildman–Crippen LogP) is 5.95. The molecule has 7 nitrogen and oxygen atoms in total. The molecule has 0 bridgehead atoms. The number of benzene rings is 3. The Hall–Kier alpha value is -4.04. The van der Waals surface area contributed by atoms with Crippen LogP contribution in [-0.4, -0.2) is 38.6 Å². The highest BCUT2D eigenvalue weighted by Gasteiger charge is 2.37. The number of aromatic hydroxyl groups is 2. The quantitative estimate of drug-likeness (QED) is 0.463. The number of aliphatic imine (C=N–C) groups is 1. The SMILES string of the molecule is CCOc1cc(/C=C2\SC(=O)N=C2N2N=C(c3ccccc3)CC2c2ccccc2O)ccc1O. The number of hydrazone groups is 1. The fourth-order valence-corrected chi connectivity index (χ4v) is 4.87. The number of amidine groups is 1. The smallest absolute Gasteiger partial charge is 0.311 e. The van der Waals surface area contributed by atoms with Crippen LogP contribution in [0, 0.1) is 0 Å². The van der Waals surface area contributed by atoms with Gasteiger partial charge in [0.15, 0.2) is 17.3 Å². The number of carbonyl (C=O) groups excluding carboxylic acids is 1. The van der Waals surface area contributed by atoms with E-state index < -0.39 is 0 Å². The van der Waals surface area contributed by atoms with Gasteiger partial charge in [-0.2, -0.15) is 10.1 Å². The van der Waals surface area contributed by atoms with Crippen molar-refractivity contribution in [3.63, 3.8) is 0 Å². The molecule has 35 heavy (non-hydrogen) atoms. The number of thioether (sulfide) groups is 1. The molecule has 176 valence electrons. The summed E-state index contributed by atoms with van der Waals surface area (Å²) in [6.07, 6.45) is 2.37. The molecule has 0 radical (unpaired) electrons. The molecule has 2 aliphatic heterocycles. The molecule has 0 fully saturated rings. The Kier molecular flexibility index (Phi) is 6.29. The van der Waals surface area contributed by atoms with Crippen LogP contribution in [0.15, 0.2) is 87.8 Å². The molecule has 2 heterocycles. The van der Waals surface area contributed by atoms with E-state index >= 15 is 0 Å². The second-order valence-electron chi connectivity index (χ2n) is 8.01. The first-order valence-electron chi connectivity index (χ1n) is 11.2. The Labute approximate surface area is 207 Å². The summed E-state index contributed by atoms with van der Waals surface area (Å²) >= 11 is 1.02. The lowest BCUT2D eigenvalue weighted by Crippen LogP contribution is -2.26. The molecule has 2 N–H and O–H groups in total. The lowest BCUT2D eigenvalue weighted by atomic mass is 9.97. The van der Waals surface area contributed by atoms with Crippen LogP contribution < -0.4 is 4.74 Å². The molecule has 1 amide bonds. The summed E-state index contributed by atoms with van der Waals surface area (Å²) in [4.78, 5) is 17.4. The third-order valence-electron chi connectivity index (χ3n) is 5.73. The minimum atomic E-state index is -0.338. The maximum absolute atomic E-state index is 12.4. The van der Waals surface area contributed by atoms with Crippen molar-refractivity contribution < 1.29 is 19.7 Å². The van der Waals surface area contributed by atoms with Crippen LogP contribution >= 0.6 is 11.8 Å². The molecule has 3 aromatic carbocycles. The van der Waals surface area contributed by atoms with Gasteiger partial charge < -0.3 is 14.9 Å². The normalized spacial score (nSPS) is 18.7. The summed E-state index contributed by atoms with van der Waals surface area (Å²) in [5, 5.41) is 26.9. The maximum atomic E-state index is 12.4. The zero-order valence-electron chi connectivity index (χ0n) is 19.0. The van der Waals surface area contributed by atoms with Gasteiger partial charge in [0, 0.05) is 12.0 Å². The minimum Gasteiger partial charge on any atom is -0.508 e. The van der Waals surface area contributed by atoms with Gasteiger partial charge >= 0.3 is 5.24 Å². The molecule has 8 heteroatoms. The molecule has 3 aromatic rings. The first-order valence-corrected chi connectivity index (χ1v) is 12.0. The maximum Gasteiger partial charge on any atom is 0.311 e. The van der Waals surface area contributed by atoms with Gasteiger partial charge in [-0.25, -0.2) is 5.01 Å². The Balaban J connectivity index is 1.57. The van der Waals surface area contributed by atoms with E-state index in [0.29, 0.717) is 35.1 Å². The summed E-state index contributed by atoms with van der Waals surface area (Å²) in [7, 11) is 0. The standard InChI is InChI=1S/C27H23N3O4S/c1-2-34-24-14-17(12-13-23(24)32)15-25-26(28-27(33)35-25)30-21(19-10-6-7-11-22(19)31)16-20(29-30)18-8-4-3-5-9-18/h3-15,21,31-32H,2,16H2,1H3/b25-15-. The number of amides is 1. The zero-order chi connectivity index (χ0) is 24.4. The topological polar surface area (TPSA) is 94.7 Å². The monoisotopic (exact) mass is 485 g/mol. The molecule has 0 aliphatic carbocycles. The second kappa shape index (κ2) is 9.68. The van der Waals surface area contributed by atoms with Gasteiger partial charge in [0.2, 0.25) is 0 Å². The molecule has 1 atom stereocenters. The van der Waals surface area contributed by atoms with Crippen LogP contribution in [0.4, 0.5) is 4.79 Å². The van der Waals surface area contributed by atoms with E-state index in [9.17, 15) is 15.0 Å². The summed E-state index contributed by atoms with van der Waals surface area (Å²) in [6.45, 7) is 2.26. The molecular formula is C27H23N3O4S. The van der Waals surface area contributed by atoms with Crippen LogP contribution in [-0.2, 0) is 0 Å². The van der Waals surface area contributed by atoms with Gasteiger partial charge in [-0.15, -0.1) is 0 Å². The van der Waals surface area contributed by atoms with Crippen molar-refractivity contribution in [1.82, 2.24) is 5.01 Å². The van der Waals surface area contributed by atoms with Gasteiger partial charge in [-0.1, -0.05) is 54.6 Å². The lowest BCUT2D eigenvalue weighted by Gasteiger charge is -2.24. The number of phenols is 2. The van der Waals surface area contributed by atoms with Crippen LogP contribution in [0.5, 0.6) is 17.2 Å². The van der Waals surface area contributed by atoms with E-state index in [4.69, 9.17) is 9.84 Å². The van der Waals surface area contributed by atoms with Crippen molar-refractivity contribution in [3.8, 4) is 17.2 Å². The number of nitrogens with zero attached hydrogens (tertiary/aromatic N) is 3. The fourth-order valence-electron chi connectivity index (χ4n) is 4.13. The number of hydrogen-bond acceptors (Lipinski definition) is 7. The van der Waals surface area contributed by atoms with Gasteiger partial charge in [0.1, 0.15) is 5.75 Å². The van der Waals surface area contributed by atoms with E-state index in [1.165, 1.54) is 0 Å². The number of ether oxygens (including phenoxy) is 1. The summed E-state index contributed by atoms with van der Waals surface area (Å²) < 4.78 is 5.50. The number of carbonyl (C=O) groups is 1. The predicted molar refractivity (Wildman–Crippen MR) is 138 cm³/mol. The van der Waals surface area contributed by atoms with Gasteiger partial charge in [0.05, 0.1) is 23.3 Å². The molecule has 0 saturated carbocycles. The van der Waals surface area contributed by atoms with Crippen molar-refractivity contribution in [2.45, 2.75) is 19.4 Å². The molecule has 0 aromatic heterocycles. The highest BCUT2D eigenvalue weighted by molar-refractivity contribution is 8.18. The number of phenolic OH excluding ortho intramolecular Hbond substituents is 2. The molecule has 0 saturated heterocycles. The number of hydrogen-bond donors (Lipinski definition) is 2. The number of para-hydroxylation sites is 1. The number of rotatable bonds is 5. The third kappa shape index (κ3) is 4.65. The van der Waals surface area contributed by atoms with Gasteiger partial charge in [-0.05, 0) is 54.1 Å². The van der Waals surface area contributed by atoms with E-state index in [0.717, 1.165) is 28.6 Å². The molecular weight excluding hydrogens is 462 g/mol. The van der Waals surface area contributed by atoms with Crippen LogP contribution in [0.25, 0.3) is 6.08 Å². The fraction of sp³-hybridized carbons (Fsp3) is 0.148. The Morgan fingerprint density at radius 1 is 1.06 bits per heavy atom. The van der Waals surface area contributed by atoms with Crippen LogP contribution in [0.3, 0.4) is 0 Å². The summed E-state index contributed by atoms with van der Waals surface area (Å²) in [6, 6.07) is 21.7. The molecule has 0 spiro atoms. The highest BCUT2D eigenvalue weighted by Crippen LogP contribution is 2.42. The van der Waals surface area contributed by atoms with Gasteiger partial charge in [0.25, 0.3) is 0 Å². The molecule has 5 rings (SSSR count). The average Bonchev–Trinajstić information content (AvgIpc) is 3.45. The molecule has 2 aliphatic rings.